The Kier molecular flexibility index (Phi) is 9.98. The van der Waals surface area contributed by atoms with E-state index in [1.165, 1.54) is 29.5 Å². The van der Waals surface area contributed by atoms with Gasteiger partial charge in [-0.05, 0) is 141 Å². The number of phenolic OH excluding ortho intramolecular Hbond substituents is 1. The van der Waals surface area contributed by atoms with Crippen molar-refractivity contribution in [3.05, 3.63) is 113 Å². The maximum Gasteiger partial charge on any atom is 0.255 e. The van der Waals surface area contributed by atoms with Crippen LogP contribution >= 0.6 is 0 Å². The average molecular weight is 742 g/mol. The molecule has 3 aromatic carbocycles. The Hall–Kier alpha value is -4.89. The molecular weight excluding hydrogens is 691 g/mol. The fraction of sp³-hybridized carbons (Fsp3) is 0.457. The van der Waals surface area contributed by atoms with Crippen molar-refractivity contribution in [3.8, 4) is 17.2 Å². The Morgan fingerprint density at radius 3 is 2.44 bits per heavy atom. The molecule has 55 heavy (non-hydrogen) atoms. The van der Waals surface area contributed by atoms with E-state index < -0.39 is 11.9 Å². The highest BCUT2D eigenvalue weighted by atomic mass is 16.5. The van der Waals surface area contributed by atoms with Crippen molar-refractivity contribution >= 4 is 17.7 Å². The molecule has 9 rings (SSSR count). The number of allylic oxidation sites excluding steroid dienone is 4. The van der Waals surface area contributed by atoms with Crippen LogP contribution in [0, 0.1) is 17.8 Å². The molecule has 1 saturated carbocycles. The predicted octanol–water partition coefficient (Wildman–Crippen LogP) is 7.07. The molecule has 3 fully saturated rings. The summed E-state index contributed by atoms with van der Waals surface area (Å²) in [5.41, 5.74) is 5.42. The molecule has 6 aliphatic rings. The molecule has 286 valence electrons. The summed E-state index contributed by atoms with van der Waals surface area (Å²) in [6.07, 6.45) is 18.5. The van der Waals surface area contributed by atoms with Crippen molar-refractivity contribution in [2.45, 2.75) is 94.9 Å². The predicted molar refractivity (Wildman–Crippen MR) is 209 cm³/mol. The summed E-state index contributed by atoms with van der Waals surface area (Å²) < 4.78 is 12.6. The van der Waals surface area contributed by atoms with Gasteiger partial charge in [-0.25, -0.2) is 0 Å². The molecule has 0 spiro atoms. The number of aryl methyl sites for hydroxylation is 1. The van der Waals surface area contributed by atoms with E-state index in [4.69, 9.17) is 9.47 Å². The number of amides is 3. The summed E-state index contributed by atoms with van der Waals surface area (Å²) in [7, 11) is 0. The third-order valence-electron chi connectivity index (χ3n) is 13.3. The molecular formula is C46H51N3O6. The van der Waals surface area contributed by atoms with Gasteiger partial charge in [0.15, 0.2) is 0 Å². The minimum absolute atomic E-state index is 0.160. The summed E-state index contributed by atoms with van der Waals surface area (Å²) >= 11 is 0. The number of benzene rings is 3. The number of carbonyl (C=O) groups excluding carboxylic acids is 3. The summed E-state index contributed by atoms with van der Waals surface area (Å²) in [5, 5.41) is 12.5. The number of nitrogens with zero attached hydrogens (tertiary/aromatic N) is 2. The van der Waals surface area contributed by atoms with Gasteiger partial charge in [-0.3, -0.25) is 19.7 Å². The van der Waals surface area contributed by atoms with E-state index in [0.29, 0.717) is 54.0 Å². The minimum Gasteiger partial charge on any atom is -0.508 e. The first-order valence-electron chi connectivity index (χ1n) is 20.4. The number of fused-ring (bicyclic) bond motifs is 2. The molecule has 0 bridgehead atoms. The molecule has 3 aliphatic carbocycles. The Labute approximate surface area is 323 Å². The van der Waals surface area contributed by atoms with Crippen molar-refractivity contribution in [1.82, 2.24) is 15.1 Å². The molecule has 9 heteroatoms. The lowest BCUT2D eigenvalue weighted by Crippen LogP contribution is -2.52. The van der Waals surface area contributed by atoms with Crippen LogP contribution in [-0.4, -0.2) is 70.5 Å². The topological polar surface area (TPSA) is 108 Å². The first-order valence-corrected chi connectivity index (χ1v) is 20.4. The average Bonchev–Trinajstić information content (AvgIpc) is 3.51. The quantitative estimate of drug-likeness (QED) is 0.214. The maximum absolute atomic E-state index is 13.0. The van der Waals surface area contributed by atoms with Gasteiger partial charge in [-0.1, -0.05) is 42.5 Å². The fourth-order valence-corrected chi connectivity index (χ4v) is 10.1. The number of imide groups is 1. The van der Waals surface area contributed by atoms with Gasteiger partial charge in [-0.2, -0.15) is 0 Å². The third kappa shape index (κ3) is 7.43. The molecule has 3 aromatic rings. The highest BCUT2D eigenvalue weighted by Crippen LogP contribution is 2.47. The first-order chi connectivity index (χ1) is 26.9. The van der Waals surface area contributed by atoms with Crippen LogP contribution in [0.2, 0.25) is 0 Å². The second-order valence-corrected chi connectivity index (χ2v) is 16.5. The second-order valence-electron chi connectivity index (χ2n) is 16.5. The standard InChI is InChI=1S/C46H51N3O6/c50-35-9-14-40-32(24-35)8-13-39(30-4-2-1-3-5-30)44(40)31-6-10-36(11-7-31)54-23-20-29-18-21-48(22-19-29)34-26-38(27-34)55-37-12-15-41-33(25-37)28-49(46(41)53)42-16-17-43(51)47-45(42)52/h1-4,6-7,9-12,14-15,24-25,29-30,34,38-39,42,44,50H,5,8,13,16-23,26-28H2,(H,47,51,52)/t30?,34-,38+,39-,42?,44+/m1/s1. The summed E-state index contributed by atoms with van der Waals surface area (Å²) in [5.74, 6) is 3.24. The van der Waals surface area contributed by atoms with Gasteiger partial charge < -0.3 is 24.4 Å². The van der Waals surface area contributed by atoms with Crippen LogP contribution in [0.1, 0.15) is 96.3 Å². The maximum atomic E-state index is 13.0. The molecule has 2 saturated heterocycles. The van der Waals surface area contributed by atoms with Crippen LogP contribution in [0.15, 0.2) is 85.0 Å². The zero-order valence-electron chi connectivity index (χ0n) is 31.4. The lowest BCUT2D eigenvalue weighted by atomic mass is 9.66. The fourth-order valence-electron chi connectivity index (χ4n) is 10.1. The van der Waals surface area contributed by atoms with Crippen molar-refractivity contribution < 1.29 is 29.0 Å². The van der Waals surface area contributed by atoms with Crippen molar-refractivity contribution in [2.24, 2.45) is 17.8 Å². The number of nitrogens with one attached hydrogen (secondary N) is 1. The number of hydrogen-bond donors (Lipinski definition) is 2. The van der Waals surface area contributed by atoms with Crippen molar-refractivity contribution in [2.75, 3.05) is 19.7 Å². The van der Waals surface area contributed by atoms with Crippen LogP contribution in [0.5, 0.6) is 17.2 Å². The Bertz CT molecular complexity index is 1990. The van der Waals surface area contributed by atoms with E-state index in [9.17, 15) is 19.5 Å². The number of ether oxygens (including phenoxy) is 2. The van der Waals surface area contributed by atoms with E-state index in [1.807, 2.05) is 30.3 Å². The zero-order valence-corrected chi connectivity index (χ0v) is 31.4. The highest BCUT2D eigenvalue weighted by molar-refractivity contribution is 6.05. The lowest BCUT2D eigenvalue weighted by Gasteiger charge is -2.45. The van der Waals surface area contributed by atoms with E-state index in [2.05, 4.69) is 64.9 Å². The van der Waals surface area contributed by atoms with E-state index in [1.54, 1.807) is 4.90 Å². The number of phenols is 1. The smallest absolute Gasteiger partial charge is 0.255 e. The lowest BCUT2D eigenvalue weighted by molar-refractivity contribution is -0.136. The van der Waals surface area contributed by atoms with Gasteiger partial charge in [0.25, 0.3) is 5.91 Å². The summed E-state index contributed by atoms with van der Waals surface area (Å²) in [6, 6.07) is 20.3. The molecule has 0 aromatic heterocycles. The Balaban J connectivity index is 0.717. The first kappa shape index (κ1) is 35.8. The highest BCUT2D eigenvalue weighted by Gasteiger charge is 2.41. The van der Waals surface area contributed by atoms with Gasteiger partial charge in [-0.15, -0.1) is 0 Å². The van der Waals surface area contributed by atoms with Crippen molar-refractivity contribution in [1.29, 1.82) is 0 Å². The number of carbonyl (C=O) groups is 3. The van der Waals surface area contributed by atoms with Crippen molar-refractivity contribution in [3.63, 3.8) is 0 Å². The van der Waals surface area contributed by atoms with Gasteiger partial charge in [0.05, 0.1) is 6.61 Å². The number of likely N-dealkylation sites (tertiary alicyclic amines) is 1. The summed E-state index contributed by atoms with van der Waals surface area (Å²) in [6.45, 7) is 3.31. The van der Waals surface area contributed by atoms with Gasteiger partial charge in [0.1, 0.15) is 29.4 Å². The normalized spacial score (nSPS) is 28.0. The Morgan fingerprint density at radius 1 is 0.836 bits per heavy atom. The molecule has 4 atom stereocenters. The number of hydrogen-bond acceptors (Lipinski definition) is 7. The number of piperidine rings is 2. The van der Waals surface area contributed by atoms with E-state index >= 15 is 0 Å². The summed E-state index contributed by atoms with van der Waals surface area (Å²) in [4.78, 5) is 41.2. The number of rotatable bonds is 10. The van der Waals surface area contributed by atoms with Gasteiger partial charge in [0.2, 0.25) is 11.8 Å². The molecule has 3 heterocycles. The van der Waals surface area contributed by atoms with Gasteiger partial charge >= 0.3 is 0 Å². The second kappa shape index (κ2) is 15.3. The van der Waals surface area contributed by atoms with Crippen LogP contribution in [-0.2, 0) is 22.6 Å². The van der Waals surface area contributed by atoms with Gasteiger partial charge in [0, 0.05) is 43.3 Å². The largest absolute Gasteiger partial charge is 0.508 e. The monoisotopic (exact) mass is 741 g/mol. The zero-order chi connectivity index (χ0) is 37.5. The molecule has 3 aliphatic heterocycles. The minimum atomic E-state index is -0.608. The molecule has 3 amide bonds. The number of aromatic hydroxyl groups is 1. The van der Waals surface area contributed by atoms with Crippen LogP contribution < -0.4 is 14.8 Å². The molecule has 2 unspecified atom stereocenters. The van der Waals surface area contributed by atoms with E-state index in [-0.39, 0.29) is 24.3 Å². The molecule has 0 radical (unpaired) electrons. The molecule has 2 N–H and O–H groups in total. The van der Waals surface area contributed by atoms with Crippen LogP contribution in [0.3, 0.4) is 0 Å². The SMILES string of the molecule is O=C1CCC(N2Cc3cc(O[C@H]4C[C@@H](N5CCC(CCOc6ccc([C@@H]7c8ccc(O)cc8CC[C@@H]7C7C=CC=CC7)cc6)CC5)C4)ccc3C2=O)C(=O)N1. The Morgan fingerprint density at radius 2 is 1.65 bits per heavy atom. The van der Waals surface area contributed by atoms with Crippen LogP contribution in [0.25, 0.3) is 0 Å². The third-order valence-corrected chi connectivity index (χ3v) is 13.3. The molecule has 9 nitrogen and oxygen atoms in total. The van der Waals surface area contributed by atoms with Crippen LogP contribution in [0.4, 0.5) is 0 Å². The van der Waals surface area contributed by atoms with E-state index in [0.717, 1.165) is 75.3 Å².